The molecule has 0 aliphatic rings. The largest absolute Gasteiger partial charge is 0.472 e. The number of esters is 4. The molecule has 7 atom stereocenters. The number of carbonyl (C=O) groups is 4. The van der Waals surface area contributed by atoms with Crippen molar-refractivity contribution >= 4 is 39.5 Å². The molecule has 0 radical (unpaired) electrons. The molecule has 0 fully saturated rings. The van der Waals surface area contributed by atoms with E-state index in [1.165, 1.54) is 205 Å². The van der Waals surface area contributed by atoms with Crippen LogP contribution >= 0.6 is 15.6 Å². The van der Waals surface area contributed by atoms with Gasteiger partial charge in [0.2, 0.25) is 0 Å². The van der Waals surface area contributed by atoms with Gasteiger partial charge in [0.15, 0.2) is 12.2 Å². The molecule has 0 bridgehead atoms. The number of aliphatic hydroxyl groups excluding tert-OH is 1. The van der Waals surface area contributed by atoms with Crippen molar-refractivity contribution < 1.29 is 80.2 Å². The fraction of sp³-hybridized carbons (Fsp3) is 0.949. The number of phosphoric ester groups is 2. The minimum Gasteiger partial charge on any atom is -0.462 e. The Morgan fingerprint density at radius 2 is 0.490 bits per heavy atom. The summed E-state index contributed by atoms with van der Waals surface area (Å²) in [5.74, 6) is 1.02. The second-order valence-corrected chi connectivity index (χ2v) is 32.8. The molecule has 0 aliphatic carbocycles. The average molecular weight is 1440 g/mol. The monoisotopic (exact) mass is 1440 g/mol. The van der Waals surface area contributed by atoms with Gasteiger partial charge in [-0.15, -0.1) is 0 Å². The van der Waals surface area contributed by atoms with E-state index in [1.807, 2.05) is 0 Å². The Hall–Kier alpha value is -1.94. The summed E-state index contributed by atoms with van der Waals surface area (Å²) in [6.07, 6.45) is 54.1. The molecule has 0 saturated carbocycles. The highest BCUT2D eigenvalue weighted by Crippen LogP contribution is 2.45. The highest BCUT2D eigenvalue weighted by atomic mass is 31.2. The fourth-order valence-electron chi connectivity index (χ4n) is 12.0. The third kappa shape index (κ3) is 69.8. The van der Waals surface area contributed by atoms with E-state index in [-0.39, 0.29) is 25.7 Å². The van der Waals surface area contributed by atoms with Crippen molar-refractivity contribution in [2.75, 3.05) is 39.6 Å². The number of aliphatic hydroxyl groups is 1. The van der Waals surface area contributed by atoms with Gasteiger partial charge in [-0.1, -0.05) is 351 Å². The molecule has 0 aromatic rings. The van der Waals surface area contributed by atoms with Crippen LogP contribution in [0.4, 0.5) is 0 Å². The first-order valence-corrected chi connectivity index (χ1v) is 43.8. The first kappa shape index (κ1) is 96.1. The zero-order chi connectivity index (χ0) is 72.4. The summed E-state index contributed by atoms with van der Waals surface area (Å²) in [5, 5.41) is 10.6. The Kier molecular flexibility index (Phi) is 66.8. The number of phosphoric acid groups is 2. The van der Waals surface area contributed by atoms with Crippen molar-refractivity contribution in [3.05, 3.63) is 0 Å². The van der Waals surface area contributed by atoms with E-state index in [1.54, 1.807) is 0 Å². The van der Waals surface area contributed by atoms with Gasteiger partial charge in [-0.05, 0) is 49.4 Å². The standard InChI is InChI=1S/C79H154O17P2/c1-9-71(7)57-49-41-33-23-19-15-11-13-17-21-25-35-43-51-59-76(81)89-65-74(95-78(83)61-53-45-37-26-22-18-14-12-16-20-24-34-42-50-58-72(8)10-2)67-93-97(85,86)91-63-73(80)64-92-98(87,88)94-68-75(96-79(84)62-54-46-38-30-28-32-40-48-56-70(5)6)66-90-77(82)60-52-44-36-29-27-31-39-47-55-69(3)4/h69-75,80H,9-68H2,1-8H3,(H,85,86)(H,87,88)/t71?,72?,73?,74-,75-/m1/s1. The van der Waals surface area contributed by atoms with Gasteiger partial charge in [-0.25, -0.2) is 9.13 Å². The number of unbranched alkanes of at least 4 members (excludes halogenated alkanes) is 40. The van der Waals surface area contributed by atoms with Gasteiger partial charge in [0.05, 0.1) is 26.4 Å². The third-order valence-corrected chi connectivity index (χ3v) is 20.9. The van der Waals surface area contributed by atoms with E-state index < -0.39 is 97.5 Å². The second kappa shape index (κ2) is 68.2. The van der Waals surface area contributed by atoms with Crippen molar-refractivity contribution in [3.63, 3.8) is 0 Å². The van der Waals surface area contributed by atoms with Crippen molar-refractivity contribution in [1.82, 2.24) is 0 Å². The summed E-state index contributed by atoms with van der Waals surface area (Å²) in [7, 11) is -9.92. The van der Waals surface area contributed by atoms with E-state index in [9.17, 15) is 43.2 Å². The van der Waals surface area contributed by atoms with Crippen LogP contribution in [0.2, 0.25) is 0 Å². The maximum atomic E-state index is 13.1. The van der Waals surface area contributed by atoms with Gasteiger partial charge in [0.25, 0.3) is 0 Å². The van der Waals surface area contributed by atoms with E-state index in [2.05, 4.69) is 55.4 Å². The van der Waals surface area contributed by atoms with Crippen LogP contribution in [-0.2, 0) is 65.4 Å². The summed E-state index contributed by atoms with van der Waals surface area (Å²) in [4.78, 5) is 72.9. The lowest BCUT2D eigenvalue weighted by atomic mass is 9.99. The van der Waals surface area contributed by atoms with Crippen molar-refractivity contribution in [1.29, 1.82) is 0 Å². The summed E-state index contributed by atoms with van der Waals surface area (Å²) in [5.41, 5.74) is 0. The molecule has 98 heavy (non-hydrogen) atoms. The Morgan fingerprint density at radius 3 is 0.724 bits per heavy atom. The summed E-state index contributed by atoms with van der Waals surface area (Å²) in [6.45, 7) is 14.3. The lowest BCUT2D eigenvalue weighted by Crippen LogP contribution is -2.30. The van der Waals surface area contributed by atoms with E-state index >= 15 is 0 Å². The first-order chi connectivity index (χ1) is 47.2. The number of rotatable bonds is 76. The zero-order valence-electron chi connectivity index (χ0n) is 64.4. The minimum absolute atomic E-state index is 0.104. The molecule has 582 valence electrons. The molecule has 17 nitrogen and oxygen atoms in total. The molecule has 0 aromatic heterocycles. The fourth-order valence-corrected chi connectivity index (χ4v) is 13.6. The van der Waals surface area contributed by atoms with Crippen LogP contribution < -0.4 is 0 Å². The predicted octanol–water partition coefficient (Wildman–Crippen LogP) is 23.2. The van der Waals surface area contributed by atoms with Gasteiger partial charge >= 0.3 is 39.5 Å². The molecule has 0 aliphatic heterocycles. The lowest BCUT2D eigenvalue weighted by molar-refractivity contribution is -0.161. The number of carbonyl (C=O) groups excluding carboxylic acids is 4. The molecule has 5 unspecified atom stereocenters. The van der Waals surface area contributed by atoms with E-state index in [4.69, 9.17) is 37.0 Å². The van der Waals surface area contributed by atoms with Crippen LogP contribution in [-0.4, -0.2) is 96.7 Å². The van der Waals surface area contributed by atoms with Crippen molar-refractivity contribution in [3.8, 4) is 0 Å². The molecule has 0 spiro atoms. The summed E-state index contributed by atoms with van der Waals surface area (Å²) >= 11 is 0. The van der Waals surface area contributed by atoms with E-state index in [0.717, 1.165) is 114 Å². The van der Waals surface area contributed by atoms with Gasteiger partial charge < -0.3 is 33.8 Å². The maximum absolute atomic E-state index is 13.1. The Morgan fingerprint density at radius 1 is 0.286 bits per heavy atom. The Bertz CT molecular complexity index is 1920. The van der Waals surface area contributed by atoms with Crippen LogP contribution in [0.5, 0.6) is 0 Å². The number of hydrogen-bond donors (Lipinski definition) is 3. The van der Waals surface area contributed by atoms with E-state index in [0.29, 0.717) is 25.7 Å². The molecular weight excluding hydrogens is 1280 g/mol. The Balaban J connectivity index is 5.24. The molecule has 0 rings (SSSR count). The third-order valence-electron chi connectivity index (χ3n) is 19.0. The maximum Gasteiger partial charge on any atom is 0.472 e. The van der Waals surface area contributed by atoms with Crippen LogP contribution in [0.1, 0.15) is 402 Å². The van der Waals surface area contributed by atoms with Crippen molar-refractivity contribution in [2.45, 2.75) is 420 Å². The van der Waals surface area contributed by atoms with Crippen LogP contribution in [0.3, 0.4) is 0 Å². The molecule has 0 aromatic carbocycles. The topological polar surface area (TPSA) is 237 Å². The van der Waals surface area contributed by atoms with Gasteiger partial charge in [-0.2, -0.15) is 0 Å². The first-order valence-electron chi connectivity index (χ1n) is 40.8. The number of hydrogen-bond acceptors (Lipinski definition) is 15. The van der Waals surface area contributed by atoms with Crippen LogP contribution in [0.15, 0.2) is 0 Å². The molecule has 0 heterocycles. The van der Waals surface area contributed by atoms with Crippen LogP contribution in [0, 0.1) is 23.7 Å². The number of ether oxygens (including phenoxy) is 4. The summed E-state index contributed by atoms with van der Waals surface area (Å²) < 4.78 is 68.6. The van der Waals surface area contributed by atoms with Crippen molar-refractivity contribution in [2.24, 2.45) is 23.7 Å². The molecular formula is C79H154O17P2. The highest BCUT2D eigenvalue weighted by Gasteiger charge is 2.30. The smallest absolute Gasteiger partial charge is 0.462 e. The highest BCUT2D eigenvalue weighted by molar-refractivity contribution is 7.47. The predicted molar refractivity (Wildman–Crippen MR) is 400 cm³/mol. The van der Waals surface area contributed by atoms with Crippen LogP contribution in [0.25, 0.3) is 0 Å². The average Bonchev–Trinajstić information content (AvgIpc) is 1.02. The normalized spacial score (nSPS) is 14.6. The van der Waals surface area contributed by atoms with Gasteiger partial charge in [0.1, 0.15) is 19.3 Å². The second-order valence-electron chi connectivity index (χ2n) is 29.9. The zero-order valence-corrected chi connectivity index (χ0v) is 66.2. The quantitative estimate of drug-likeness (QED) is 0.0222. The lowest BCUT2D eigenvalue weighted by Gasteiger charge is -2.21. The van der Waals surface area contributed by atoms with Gasteiger partial charge in [0, 0.05) is 25.7 Å². The summed E-state index contributed by atoms with van der Waals surface area (Å²) in [6, 6.07) is 0. The minimum atomic E-state index is -4.96. The Labute approximate surface area is 600 Å². The molecule has 0 saturated heterocycles. The molecule has 0 amide bonds. The van der Waals surface area contributed by atoms with Gasteiger partial charge in [-0.3, -0.25) is 37.3 Å². The molecule has 3 N–H and O–H groups in total. The SMILES string of the molecule is CCC(C)CCCCCCCCCCCCCCCCC(=O)OC[C@H](COP(=O)(O)OCC(O)COP(=O)(O)OC[C@@H](COC(=O)CCCCCCCCCCC(C)C)OC(=O)CCCCCCCCCCC(C)C)OC(=O)CCCCCCCCCCCCCCCCC(C)CC. The molecule has 19 heteroatoms.